The third kappa shape index (κ3) is 3.82. The Bertz CT molecular complexity index is 365. The maximum atomic E-state index is 5.49. The molecule has 2 heterocycles. The summed E-state index contributed by atoms with van der Waals surface area (Å²) < 4.78 is 7.52. The predicted octanol–water partition coefficient (Wildman–Crippen LogP) is 1.84. The monoisotopic (exact) mass is 251 g/mol. The summed E-state index contributed by atoms with van der Waals surface area (Å²) >= 11 is 0. The molecule has 1 saturated heterocycles. The van der Waals surface area contributed by atoms with Crippen LogP contribution in [0.1, 0.15) is 31.7 Å². The lowest BCUT2D eigenvalue weighted by Crippen LogP contribution is -2.26. The Morgan fingerprint density at radius 2 is 2.17 bits per heavy atom. The van der Waals surface area contributed by atoms with Crippen LogP contribution in [0.15, 0.2) is 6.07 Å². The molecular weight excluding hydrogens is 226 g/mol. The van der Waals surface area contributed by atoms with E-state index in [2.05, 4.69) is 29.9 Å². The Morgan fingerprint density at radius 3 is 2.94 bits per heavy atom. The summed E-state index contributed by atoms with van der Waals surface area (Å²) in [6.45, 7) is 9.39. The number of nitrogens with zero attached hydrogens (tertiary/aromatic N) is 3. The van der Waals surface area contributed by atoms with E-state index < -0.39 is 0 Å². The number of hydrogen-bond acceptors (Lipinski definition) is 3. The summed E-state index contributed by atoms with van der Waals surface area (Å²) in [6.07, 6.45) is 2.20. The summed E-state index contributed by atoms with van der Waals surface area (Å²) in [6, 6.07) is 2.26. The van der Waals surface area contributed by atoms with Crippen molar-refractivity contribution in [3.63, 3.8) is 0 Å². The Balaban J connectivity index is 1.97. The van der Waals surface area contributed by atoms with Gasteiger partial charge < -0.3 is 4.74 Å². The van der Waals surface area contributed by atoms with Crippen LogP contribution in [-0.4, -0.2) is 41.0 Å². The first-order chi connectivity index (χ1) is 8.65. The van der Waals surface area contributed by atoms with Crippen molar-refractivity contribution < 1.29 is 4.74 Å². The lowest BCUT2D eigenvalue weighted by molar-refractivity contribution is 0.140. The minimum Gasteiger partial charge on any atom is -0.380 e. The molecule has 1 aliphatic heterocycles. The van der Waals surface area contributed by atoms with Gasteiger partial charge in [-0.15, -0.1) is 0 Å². The molecule has 18 heavy (non-hydrogen) atoms. The van der Waals surface area contributed by atoms with Crippen molar-refractivity contribution >= 4 is 0 Å². The number of aryl methyl sites for hydroxylation is 1. The summed E-state index contributed by atoms with van der Waals surface area (Å²) in [5.74, 6) is 0.666. The normalized spacial score (nSPS) is 18.2. The van der Waals surface area contributed by atoms with E-state index in [-0.39, 0.29) is 0 Å². The van der Waals surface area contributed by atoms with Crippen molar-refractivity contribution in [3.05, 3.63) is 17.5 Å². The first-order valence-corrected chi connectivity index (χ1v) is 6.97. The van der Waals surface area contributed by atoms with Gasteiger partial charge in [0.25, 0.3) is 0 Å². The van der Waals surface area contributed by atoms with E-state index >= 15 is 0 Å². The van der Waals surface area contributed by atoms with E-state index in [1.807, 2.05) is 11.7 Å². The molecule has 0 unspecified atom stereocenters. The Kier molecular flexibility index (Phi) is 4.78. The second-order valence-electron chi connectivity index (χ2n) is 5.59. The number of hydrogen-bond donors (Lipinski definition) is 0. The van der Waals surface area contributed by atoms with E-state index in [1.54, 1.807) is 0 Å². The molecule has 0 amide bonds. The lowest BCUT2D eigenvalue weighted by atomic mass is 10.1. The van der Waals surface area contributed by atoms with Gasteiger partial charge in [0.2, 0.25) is 0 Å². The van der Waals surface area contributed by atoms with Gasteiger partial charge in [0.1, 0.15) is 0 Å². The molecule has 1 aromatic rings. The van der Waals surface area contributed by atoms with Gasteiger partial charge >= 0.3 is 0 Å². The summed E-state index contributed by atoms with van der Waals surface area (Å²) in [4.78, 5) is 2.46. The van der Waals surface area contributed by atoms with E-state index in [4.69, 9.17) is 4.74 Å². The Hall–Kier alpha value is -0.870. The fourth-order valence-corrected chi connectivity index (χ4v) is 2.42. The molecule has 0 radical (unpaired) electrons. The zero-order valence-electron chi connectivity index (χ0n) is 11.9. The van der Waals surface area contributed by atoms with E-state index in [0.29, 0.717) is 5.92 Å². The van der Waals surface area contributed by atoms with Crippen molar-refractivity contribution in [2.75, 3.05) is 26.3 Å². The SMILES string of the molecule is CC(C)Cc1cc(CN2CCCOCC2)n(C)n1. The maximum absolute atomic E-state index is 5.49. The quantitative estimate of drug-likeness (QED) is 0.818. The van der Waals surface area contributed by atoms with Crippen molar-refractivity contribution in [2.45, 2.75) is 33.2 Å². The van der Waals surface area contributed by atoms with Crippen LogP contribution in [-0.2, 0) is 24.8 Å². The van der Waals surface area contributed by atoms with Gasteiger partial charge in [-0.1, -0.05) is 13.8 Å². The van der Waals surface area contributed by atoms with Gasteiger partial charge in [-0.3, -0.25) is 9.58 Å². The Morgan fingerprint density at radius 1 is 1.33 bits per heavy atom. The summed E-state index contributed by atoms with van der Waals surface area (Å²) in [5.41, 5.74) is 2.53. The fraction of sp³-hybridized carbons (Fsp3) is 0.786. The molecule has 4 nitrogen and oxygen atoms in total. The van der Waals surface area contributed by atoms with Crippen LogP contribution in [0.4, 0.5) is 0 Å². The molecule has 1 fully saturated rings. The molecule has 1 aliphatic rings. The minimum atomic E-state index is 0.666. The average Bonchev–Trinajstić information content (AvgIpc) is 2.53. The molecule has 102 valence electrons. The van der Waals surface area contributed by atoms with Crippen molar-refractivity contribution in [3.8, 4) is 0 Å². The highest BCUT2D eigenvalue weighted by Crippen LogP contribution is 2.12. The second kappa shape index (κ2) is 6.34. The van der Waals surface area contributed by atoms with Gasteiger partial charge in [0.15, 0.2) is 0 Å². The standard InChI is InChI=1S/C14H25N3O/c1-12(2)9-13-10-14(16(3)15-13)11-17-5-4-7-18-8-6-17/h10,12H,4-9,11H2,1-3H3. The molecule has 0 N–H and O–H groups in total. The summed E-state index contributed by atoms with van der Waals surface area (Å²) in [5, 5.41) is 4.60. The number of rotatable bonds is 4. The van der Waals surface area contributed by atoms with Gasteiger partial charge in [-0.2, -0.15) is 5.10 Å². The zero-order valence-corrected chi connectivity index (χ0v) is 11.9. The average molecular weight is 251 g/mol. The molecule has 4 heteroatoms. The van der Waals surface area contributed by atoms with Crippen LogP contribution in [0, 0.1) is 5.92 Å². The third-order valence-electron chi connectivity index (χ3n) is 3.35. The smallest absolute Gasteiger partial charge is 0.0630 e. The van der Waals surface area contributed by atoms with Crippen LogP contribution in [0.5, 0.6) is 0 Å². The largest absolute Gasteiger partial charge is 0.380 e. The van der Waals surface area contributed by atoms with Crippen LogP contribution < -0.4 is 0 Å². The molecular formula is C14H25N3O. The zero-order chi connectivity index (χ0) is 13.0. The number of aromatic nitrogens is 2. The van der Waals surface area contributed by atoms with Crippen LogP contribution >= 0.6 is 0 Å². The maximum Gasteiger partial charge on any atom is 0.0630 e. The predicted molar refractivity (Wildman–Crippen MR) is 72.5 cm³/mol. The minimum absolute atomic E-state index is 0.666. The van der Waals surface area contributed by atoms with E-state index in [0.717, 1.165) is 45.7 Å². The molecule has 0 aromatic carbocycles. The highest BCUT2D eigenvalue weighted by Gasteiger charge is 2.13. The van der Waals surface area contributed by atoms with Crippen molar-refractivity contribution in [2.24, 2.45) is 13.0 Å². The molecule has 2 rings (SSSR count). The fourth-order valence-electron chi connectivity index (χ4n) is 2.42. The van der Waals surface area contributed by atoms with Gasteiger partial charge in [-0.05, 0) is 24.8 Å². The molecule has 0 spiro atoms. The van der Waals surface area contributed by atoms with Crippen LogP contribution in [0.25, 0.3) is 0 Å². The van der Waals surface area contributed by atoms with Crippen molar-refractivity contribution in [1.82, 2.24) is 14.7 Å². The topological polar surface area (TPSA) is 30.3 Å². The van der Waals surface area contributed by atoms with Crippen LogP contribution in [0.3, 0.4) is 0 Å². The molecule has 0 bridgehead atoms. The second-order valence-corrected chi connectivity index (χ2v) is 5.59. The highest BCUT2D eigenvalue weighted by molar-refractivity contribution is 5.10. The molecule has 0 atom stereocenters. The van der Waals surface area contributed by atoms with Crippen LogP contribution in [0.2, 0.25) is 0 Å². The van der Waals surface area contributed by atoms with Gasteiger partial charge in [0, 0.05) is 33.3 Å². The number of ether oxygens (including phenoxy) is 1. The lowest BCUT2D eigenvalue weighted by Gasteiger charge is -2.18. The Labute approximate surface area is 110 Å². The first-order valence-electron chi connectivity index (χ1n) is 6.97. The third-order valence-corrected chi connectivity index (χ3v) is 3.35. The summed E-state index contributed by atoms with van der Waals surface area (Å²) in [7, 11) is 2.05. The molecule has 0 aliphatic carbocycles. The van der Waals surface area contributed by atoms with E-state index in [1.165, 1.54) is 11.4 Å². The molecule has 1 aromatic heterocycles. The first kappa shape index (κ1) is 13.6. The van der Waals surface area contributed by atoms with E-state index in [9.17, 15) is 0 Å². The highest BCUT2D eigenvalue weighted by atomic mass is 16.5. The molecule has 0 saturated carbocycles. The van der Waals surface area contributed by atoms with Gasteiger partial charge in [-0.25, -0.2) is 0 Å². The van der Waals surface area contributed by atoms with Gasteiger partial charge in [0.05, 0.1) is 18.0 Å². The van der Waals surface area contributed by atoms with Crippen molar-refractivity contribution in [1.29, 1.82) is 0 Å².